The highest BCUT2D eigenvalue weighted by atomic mass is 31.2. The van der Waals surface area contributed by atoms with Crippen LogP contribution in [0.4, 0.5) is 0 Å². The number of unbranched alkanes of at least 4 members (excludes halogenated alkanes) is 38. The molecule has 0 heterocycles. The van der Waals surface area contributed by atoms with Gasteiger partial charge in [0.2, 0.25) is 0 Å². The van der Waals surface area contributed by atoms with Crippen molar-refractivity contribution in [2.24, 2.45) is 0 Å². The van der Waals surface area contributed by atoms with Crippen LogP contribution in [-0.4, -0.2) is 96.7 Å². The Hall–Kier alpha value is -3.50. The lowest BCUT2D eigenvalue weighted by Gasteiger charge is -2.21. The Morgan fingerprint density at radius 1 is 0.290 bits per heavy atom. The van der Waals surface area contributed by atoms with Gasteiger partial charge >= 0.3 is 39.5 Å². The third-order valence-corrected chi connectivity index (χ3v) is 19.1. The number of esters is 4. The lowest BCUT2D eigenvalue weighted by atomic mass is 10.0. The molecule has 100 heavy (non-hydrogen) atoms. The summed E-state index contributed by atoms with van der Waals surface area (Å²) in [6.07, 6.45) is 74.5. The fourth-order valence-electron chi connectivity index (χ4n) is 11.0. The first-order chi connectivity index (χ1) is 48.7. The van der Waals surface area contributed by atoms with E-state index in [1.165, 1.54) is 116 Å². The second kappa shape index (κ2) is 73.8. The molecule has 0 aliphatic rings. The molecule has 0 saturated carbocycles. The molecular formula is C81H146O17P2. The molecule has 3 N–H and O–H groups in total. The van der Waals surface area contributed by atoms with Gasteiger partial charge in [-0.15, -0.1) is 0 Å². The van der Waals surface area contributed by atoms with E-state index < -0.39 is 97.5 Å². The van der Waals surface area contributed by atoms with E-state index >= 15 is 0 Å². The predicted molar refractivity (Wildman–Crippen MR) is 409 cm³/mol. The highest BCUT2D eigenvalue weighted by molar-refractivity contribution is 7.47. The van der Waals surface area contributed by atoms with Gasteiger partial charge in [0.05, 0.1) is 26.4 Å². The Morgan fingerprint density at radius 2 is 0.520 bits per heavy atom. The van der Waals surface area contributed by atoms with Gasteiger partial charge in [0, 0.05) is 25.7 Å². The molecule has 0 saturated heterocycles. The van der Waals surface area contributed by atoms with Crippen molar-refractivity contribution in [1.82, 2.24) is 0 Å². The van der Waals surface area contributed by atoms with E-state index in [0.717, 1.165) is 167 Å². The minimum absolute atomic E-state index is 0.0869. The van der Waals surface area contributed by atoms with Crippen LogP contribution in [0.5, 0.6) is 0 Å². The fraction of sp³-hybridized carbons (Fsp3) is 0.802. The molecule has 0 aromatic rings. The van der Waals surface area contributed by atoms with Crippen molar-refractivity contribution in [1.29, 1.82) is 0 Å². The Morgan fingerprint density at radius 3 is 0.820 bits per heavy atom. The van der Waals surface area contributed by atoms with E-state index in [2.05, 4.69) is 101 Å². The monoisotopic (exact) mass is 1450 g/mol. The van der Waals surface area contributed by atoms with E-state index in [1.807, 2.05) is 0 Å². The molecule has 0 aliphatic carbocycles. The molecule has 582 valence electrons. The molecule has 0 aromatic carbocycles. The molecule has 17 nitrogen and oxygen atoms in total. The van der Waals surface area contributed by atoms with E-state index in [0.29, 0.717) is 25.7 Å². The zero-order chi connectivity index (χ0) is 73.2. The summed E-state index contributed by atoms with van der Waals surface area (Å²) in [5, 5.41) is 10.6. The van der Waals surface area contributed by atoms with Crippen LogP contribution in [-0.2, 0) is 65.4 Å². The maximum absolute atomic E-state index is 13.1. The third-order valence-electron chi connectivity index (χ3n) is 17.2. The number of carbonyl (C=O) groups excluding carboxylic acids is 4. The summed E-state index contributed by atoms with van der Waals surface area (Å²) < 4.78 is 68.6. The molecule has 0 aliphatic heterocycles. The van der Waals surface area contributed by atoms with Crippen LogP contribution < -0.4 is 0 Å². The number of phosphoric ester groups is 2. The van der Waals surface area contributed by atoms with Gasteiger partial charge in [-0.3, -0.25) is 37.3 Å². The SMILES string of the molecule is CC/C=C\C/C=C\C/C=C\C/C=C\CCCCCCCCC(=O)OCC(COP(=O)(O)OCC(O)COP(=O)(O)OCC(COC(=O)CCCCCCC/C=C\CCCCCCCC)OC(=O)CCCCCCC/C=C\CCCCCC)OC(=O)CCCCCCCCCCCCCCC. The molecular weight excluding hydrogens is 1310 g/mol. The van der Waals surface area contributed by atoms with Crippen LogP contribution in [0.15, 0.2) is 72.9 Å². The van der Waals surface area contributed by atoms with Crippen LogP contribution in [0.2, 0.25) is 0 Å². The van der Waals surface area contributed by atoms with Gasteiger partial charge in [-0.2, -0.15) is 0 Å². The molecule has 0 spiro atoms. The maximum atomic E-state index is 13.1. The topological polar surface area (TPSA) is 237 Å². The van der Waals surface area contributed by atoms with Crippen LogP contribution in [0.1, 0.15) is 362 Å². The Bertz CT molecular complexity index is 2180. The Labute approximate surface area is 609 Å². The lowest BCUT2D eigenvalue weighted by Crippen LogP contribution is -2.30. The van der Waals surface area contributed by atoms with Crippen molar-refractivity contribution < 1.29 is 80.2 Å². The summed E-state index contributed by atoms with van der Waals surface area (Å²) in [6.45, 7) is 4.77. The molecule has 5 unspecified atom stereocenters. The fourth-order valence-corrected chi connectivity index (χ4v) is 12.6. The number of aliphatic hydroxyl groups excluding tert-OH is 1. The van der Waals surface area contributed by atoms with Crippen molar-refractivity contribution in [2.75, 3.05) is 39.6 Å². The minimum Gasteiger partial charge on any atom is -0.462 e. The molecule has 0 amide bonds. The van der Waals surface area contributed by atoms with Crippen molar-refractivity contribution in [3.63, 3.8) is 0 Å². The second-order valence-corrected chi connectivity index (χ2v) is 29.9. The third kappa shape index (κ3) is 72.8. The summed E-state index contributed by atoms with van der Waals surface area (Å²) in [5.41, 5.74) is 0. The van der Waals surface area contributed by atoms with Gasteiger partial charge in [-0.1, -0.05) is 293 Å². The number of carbonyl (C=O) groups is 4. The number of hydrogen-bond acceptors (Lipinski definition) is 15. The first kappa shape index (κ1) is 96.5. The first-order valence-corrected chi connectivity index (χ1v) is 43.2. The zero-order valence-electron chi connectivity index (χ0n) is 63.6. The molecule has 0 bridgehead atoms. The van der Waals surface area contributed by atoms with E-state index in [-0.39, 0.29) is 25.7 Å². The number of hydrogen-bond donors (Lipinski definition) is 3. The van der Waals surface area contributed by atoms with Crippen molar-refractivity contribution in [3.05, 3.63) is 72.9 Å². The van der Waals surface area contributed by atoms with Gasteiger partial charge in [0.15, 0.2) is 12.2 Å². The Balaban J connectivity index is 5.32. The number of rotatable bonds is 76. The van der Waals surface area contributed by atoms with Crippen LogP contribution in [0, 0.1) is 0 Å². The van der Waals surface area contributed by atoms with Crippen molar-refractivity contribution in [2.45, 2.75) is 380 Å². The van der Waals surface area contributed by atoms with Gasteiger partial charge in [0.1, 0.15) is 19.3 Å². The van der Waals surface area contributed by atoms with E-state index in [4.69, 9.17) is 37.0 Å². The van der Waals surface area contributed by atoms with Gasteiger partial charge in [-0.05, 0) is 116 Å². The lowest BCUT2D eigenvalue weighted by molar-refractivity contribution is -0.161. The quantitative estimate of drug-likeness (QED) is 0.0169. The summed E-state index contributed by atoms with van der Waals surface area (Å²) in [7, 11) is -9.95. The summed E-state index contributed by atoms with van der Waals surface area (Å²) in [4.78, 5) is 73.0. The first-order valence-electron chi connectivity index (χ1n) is 40.2. The molecule has 0 rings (SSSR count). The standard InChI is InChI=1S/C81H146O17P2/c1-5-9-13-17-21-25-29-33-35-36-37-38-40-44-46-50-54-58-62-66-79(84)92-72-77(98-81(86)68-64-60-56-52-48-42-32-28-24-20-16-12-8-4)74-96-100(89,90)94-70-75(82)69-93-99(87,88)95-73-76(97-80(85)67-63-59-55-51-47-41-31-27-23-19-15-11-7-3)71-91-78(83)65-61-57-53-49-45-43-39-34-30-26-22-18-14-10-6-2/h9,13,21,25,27,31,33-35,37-39,75-77,82H,5-8,10-12,14-20,22-24,26,28-30,32,36,40-74H2,1-4H3,(H,87,88)(H,89,90)/b13-9-,25-21-,31-27-,35-33-,38-37-,39-34-. The number of ether oxygens (including phenoxy) is 4. The second-order valence-electron chi connectivity index (χ2n) is 27.0. The average molecular weight is 1450 g/mol. The molecule has 0 aromatic heterocycles. The molecule has 0 radical (unpaired) electrons. The van der Waals surface area contributed by atoms with E-state index in [9.17, 15) is 43.2 Å². The molecule has 0 fully saturated rings. The summed E-state index contributed by atoms with van der Waals surface area (Å²) in [5.74, 6) is -2.18. The number of phosphoric acid groups is 2. The van der Waals surface area contributed by atoms with Crippen molar-refractivity contribution in [3.8, 4) is 0 Å². The van der Waals surface area contributed by atoms with Gasteiger partial charge < -0.3 is 33.8 Å². The predicted octanol–water partition coefficient (Wildman–Crippen LogP) is 23.2. The summed E-state index contributed by atoms with van der Waals surface area (Å²) >= 11 is 0. The van der Waals surface area contributed by atoms with Gasteiger partial charge in [0.25, 0.3) is 0 Å². The van der Waals surface area contributed by atoms with E-state index in [1.54, 1.807) is 0 Å². The smallest absolute Gasteiger partial charge is 0.462 e. The highest BCUT2D eigenvalue weighted by Crippen LogP contribution is 2.45. The van der Waals surface area contributed by atoms with Crippen molar-refractivity contribution >= 4 is 39.5 Å². The normalized spacial score (nSPS) is 14.3. The Kier molecular flexibility index (Phi) is 71.2. The number of allylic oxidation sites excluding steroid dienone is 12. The molecule has 5 atom stereocenters. The van der Waals surface area contributed by atoms with Crippen LogP contribution >= 0.6 is 15.6 Å². The average Bonchev–Trinajstić information content (AvgIpc) is 0.935. The van der Waals surface area contributed by atoms with Crippen LogP contribution in [0.3, 0.4) is 0 Å². The zero-order valence-corrected chi connectivity index (χ0v) is 65.4. The largest absolute Gasteiger partial charge is 0.472 e. The maximum Gasteiger partial charge on any atom is 0.472 e. The summed E-state index contributed by atoms with van der Waals surface area (Å²) in [6, 6.07) is 0. The molecule has 19 heteroatoms. The van der Waals surface area contributed by atoms with Gasteiger partial charge in [-0.25, -0.2) is 9.13 Å². The number of aliphatic hydroxyl groups is 1. The van der Waals surface area contributed by atoms with Crippen LogP contribution in [0.25, 0.3) is 0 Å². The highest BCUT2D eigenvalue weighted by Gasteiger charge is 2.30. The minimum atomic E-state index is -4.97.